The molecular weight excluding hydrogens is 364 g/mol. The minimum absolute atomic E-state index is 0.171. The molecule has 0 saturated carbocycles. The molecule has 2 aromatic carbocycles. The number of nitrogens with zero attached hydrogens (tertiary/aromatic N) is 2. The summed E-state index contributed by atoms with van der Waals surface area (Å²) in [6, 6.07) is 18.2. The predicted octanol–water partition coefficient (Wildman–Crippen LogP) is 5.44. The molecule has 0 bridgehead atoms. The molecule has 5 heteroatoms. The summed E-state index contributed by atoms with van der Waals surface area (Å²) in [7, 11) is 0. The summed E-state index contributed by atoms with van der Waals surface area (Å²) in [6.07, 6.45) is 6.06. The SMILES string of the molecule is CCCOc1ccc(C(=O)/C(=C/c2ccncc2)c2nc3ccccc3o2)cc1. The molecule has 0 N–H and O–H groups in total. The molecule has 0 radical (unpaired) electrons. The second kappa shape index (κ2) is 8.52. The van der Waals surface area contributed by atoms with Crippen LogP contribution in [-0.4, -0.2) is 22.4 Å². The quantitative estimate of drug-likeness (QED) is 0.314. The van der Waals surface area contributed by atoms with Gasteiger partial charge in [-0.2, -0.15) is 0 Å². The molecule has 0 aliphatic heterocycles. The van der Waals surface area contributed by atoms with Crippen molar-refractivity contribution in [3.05, 3.63) is 90.1 Å². The Morgan fingerprint density at radius 3 is 2.52 bits per heavy atom. The third-order valence-electron chi connectivity index (χ3n) is 4.38. The summed E-state index contributed by atoms with van der Waals surface area (Å²) in [5.74, 6) is 0.861. The first-order valence-electron chi connectivity index (χ1n) is 9.50. The number of hydrogen-bond donors (Lipinski definition) is 0. The summed E-state index contributed by atoms with van der Waals surface area (Å²) >= 11 is 0. The van der Waals surface area contributed by atoms with E-state index in [4.69, 9.17) is 9.15 Å². The van der Waals surface area contributed by atoms with Crippen LogP contribution < -0.4 is 4.74 Å². The van der Waals surface area contributed by atoms with Crippen LogP contribution in [0.15, 0.2) is 77.5 Å². The van der Waals surface area contributed by atoms with Crippen molar-refractivity contribution in [2.24, 2.45) is 0 Å². The van der Waals surface area contributed by atoms with Gasteiger partial charge >= 0.3 is 0 Å². The molecule has 0 saturated heterocycles. The number of allylic oxidation sites excluding steroid dienone is 1. The standard InChI is InChI=1S/C24H20N2O3/c1-2-15-28-19-9-7-18(8-10-19)23(27)20(16-17-11-13-25-14-12-17)24-26-21-5-3-4-6-22(21)29-24/h3-14,16H,2,15H2,1H3/b20-16-. The molecule has 0 aliphatic carbocycles. The van der Waals surface area contributed by atoms with Gasteiger partial charge < -0.3 is 9.15 Å². The predicted molar refractivity (Wildman–Crippen MR) is 113 cm³/mol. The van der Waals surface area contributed by atoms with Gasteiger partial charge in [0.05, 0.1) is 12.2 Å². The average Bonchev–Trinajstić information content (AvgIpc) is 3.20. The van der Waals surface area contributed by atoms with Crippen LogP contribution >= 0.6 is 0 Å². The molecule has 4 aromatic rings. The number of fused-ring (bicyclic) bond motifs is 1. The normalized spacial score (nSPS) is 11.6. The number of Topliss-reactive ketones (excluding diaryl/α,β-unsaturated/α-hetero) is 1. The van der Waals surface area contributed by atoms with Gasteiger partial charge in [-0.1, -0.05) is 19.1 Å². The Balaban J connectivity index is 1.73. The van der Waals surface area contributed by atoms with E-state index in [0.717, 1.165) is 17.7 Å². The van der Waals surface area contributed by atoms with E-state index in [9.17, 15) is 4.79 Å². The van der Waals surface area contributed by atoms with Crippen LogP contribution in [0.4, 0.5) is 0 Å². The van der Waals surface area contributed by atoms with E-state index in [-0.39, 0.29) is 5.78 Å². The van der Waals surface area contributed by atoms with Gasteiger partial charge in [0.1, 0.15) is 11.3 Å². The highest BCUT2D eigenvalue weighted by Crippen LogP contribution is 2.26. The highest BCUT2D eigenvalue weighted by Gasteiger charge is 2.20. The first-order valence-corrected chi connectivity index (χ1v) is 9.50. The maximum Gasteiger partial charge on any atom is 0.231 e. The second-order valence-corrected chi connectivity index (χ2v) is 6.53. The highest BCUT2D eigenvalue weighted by atomic mass is 16.5. The maximum atomic E-state index is 13.3. The maximum absolute atomic E-state index is 13.3. The van der Waals surface area contributed by atoms with E-state index in [0.29, 0.717) is 34.7 Å². The van der Waals surface area contributed by atoms with Gasteiger partial charge in [-0.25, -0.2) is 4.98 Å². The lowest BCUT2D eigenvalue weighted by Gasteiger charge is -2.07. The zero-order valence-corrected chi connectivity index (χ0v) is 16.0. The Labute approximate surface area is 168 Å². The topological polar surface area (TPSA) is 65.2 Å². The smallest absolute Gasteiger partial charge is 0.231 e. The Bertz CT molecular complexity index is 1110. The van der Waals surface area contributed by atoms with E-state index in [1.807, 2.05) is 36.4 Å². The van der Waals surface area contributed by atoms with Gasteiger partial charge in [-0.05, 0) is 66.6 Å². The van der Waals surface area contributed by atoms with Crippen LogP contribution in [0.3, 0.4) is 0 Å². The van der Waals surface area contributed by atoms with Crippen LogP contribution in [0.2, 0.25) is 0 Å². The number of benzene rings is 2. The Morgan fingerprint density at radius 2 is 1.79 bits per heavy atom. The molecule has 0 unspecified atom stereocenters. The zero-order valence-electron chi connectivity index (χ0n) is 16.0. The molecule has 0 spiro atoms. The van der Waals surface area contributed by atoms with Crippen LogP contribution in [0, 0.1) is 0 Å². The monoisotopic (exact) mass is 384 g/mol. The van der Waals surface area contributed by atoms with E-state index in [2.05, 4.69) is 16.9 Å². The molecule has 2 heterocycles. The Morgan fingerprint density at radius 1 is 1.03 bits per heavy atom. The number of pyridine rings is 1. The highest BCUT2D eigenvalue weighted by molar-refractivity contribution is 6.31. The van der Waals surface area contributed by atoms with Gasteiger partial charge in [-0.15, -0.1) is 0 Å². The van der Waals surface area contributed by atoms with Crippen LogP contribution in [0.1, 0.15) is 35.2 Å². The molecule has 0 aliphatic rings. The lowest BCUT2D eigenvalue weighted by molar-refractivity contribution is 0.105. The van der Waals surface area contributed by atoms with Gasteiger partial charge in [0.2, 0.25) is 5.89 Å². The fourth-order valence-corrected chi connectivity index (χ4v) is 2.92. The number of ether oxygens (including phenoxy) is 1. The van der Waals surface area contributed by atoms with Crippen LogP contribution in [0.5, 0.6) is 5.75 Å². The van der Waals surface area contributed by atoms with E-state index >= 15 is 0 Å². The summed E-state index contributed by atoms with van der Waals surface area (Å²) in [4.78, 5) is 21.9. The van der Waals surface area contributed by atoms with Crippen molar-refractivity contribution in [2.45, 2.75) is 13.3 Å². The molecule has 144 valence electrons. The molecule has 0 fully saturated rings. The lowest BCUT2D eigenvalue weighted by Crippen LogP contribution is -2.04. The van der Waals surface area contributed by atoms with Crippen molar-refractivity contribution in [1.82, 2.24) is 9.97 Å². The fraction of sp³-hybridized carbons (Fsp3) is 0.125. The molecule has 29 heavy (non-hydrogen) atoms. The number of ketones is 1. The Hall–Kier alpha value is -3.73. The van der Waals surface area contributed by atoms with Crippen molar-refractivity contribution >= 4 is 28.5 Å². The summed E-state index contributed by atoms with van der Waals surface area (Å²) in [6.45, 7) is 2.69. The van der Waals surface area contributed by atoms with Crippen molar-refractivity contribution in [3.8, 4) is 5.75 Å². The molecule has 2 aromatic heterocycles. The minimum atomic E-state index is -0.171. The van der Waals surface area contributed by atoms with Crippen LogP contribution in [0.25, 0.3) is 22.7 Å². The van der Waals surface area contributed by atoms with Gasteiger partial charge in [0, 0.05) is 18.0 Å². The molecule has 0 amide bonds. The number of hydrogen-bond acceptors (Lipinski definition) is 5. The largest absolute Gasteiger partial charge is 0.494 e. The Kier molecular flexibility index (Phi) is 5.47. The third kappa shape index (κ3) is 4.24. The van der Waals surface area contributed by atoms with Crippen molar-refractivity contribution < 1.29 is 13.9 Å². The number of rotatable bonds is 7. The van der Waals surface area contributed by atoms with Crippen molar-refractivity contribution in [3.63, 3.8) is 0 Å². The molecule has 4 rings (SSSR count). The van der Waals surface area contributed by atoms with E-state index in [1.165, 1.54) is 0 Å². The average molecular weight is 384 g/mol. The lowest BCUT2D eigenvalue weighted by atomic mass is 10.0. The molecule has 5 nitrogen and oxygen atoms in total. The molecular formula is C24H20N2O3. The van der Waals surface area contributed by atoms with Crippen molar-refractivity contribution in [2.75, 3.05) is 6.61 Å². The van der Waals surface area contributed by atoms with Crippen molar-refractivity contribution in [1.29, 1.82) is 0 Å². The first kappa shape index (κ1) is 18.6. The number of aromatic nitrogens is 2. The molecule has 0 atom stereocenters. The number of carbonyl (C=O) groups is 1. The number of carbonyl (C=O) groups excluding carboxylic acids is 1. The van der Waals surface area contributed by atoms with E-state index < -0.39 is 0 Å². The summed E-state index contributed by atoms with van der Waals surface area (Å²) < 4.78 is 11.5. The minimum Gasteiger partial charge on any atom is -0.494 e. The third-order valence-corrected chi connectivity index (χ3v) is 4.38. The summed E-state index contributed by atoms with van der Waals surface area (Å²) in [5.41, 5.74) is 3.11. The van der Waals surface area contributed by atoms with Gasteiger partial charge in [0.15, 0.2) is 11.4 Å². The summed E-state index contributed by atoms with van der Waals surface area (Å²) in [5, 5.41) is 0. The second-order valence-electron chi connectivity index (χ2n) is 6.53. The number of oxazole rings is 1. The van der Waals surface area contributed by atoms with Crippen LogP contribution in [-0.2, 0) is 0 Å². The number of para-hydroxylation sites is 2. The zero-order chi connectivity index (χ0) is 20.1. The van der Waals surface area contributed by atoms with E-state index in [1.54, 1.807) is 42.7 Å². The first-order chi connectivity index (χ1) is 14.2. The van der Waals surface area contributed by atoms with Gasteiger partial charge in [0.25, 0.3) is 0 Å². The van der Waals surface area contributed by atoms with Gasteiger partial charge in [-0.3, -0.25) is 9.78 Å². The fourth-order valence-electron chi connectivity index (χ4n) is 2.92.